The lowest BCUT2D eigenvalue weighted by atomic mass is 11.7. The van der Waals surface area contributed by atoms with Crippen molar-refractivity contribution in [2.45, 2.75) is 11.3 Å². The maximum Gasteiger partial charge on any atom is 0.502 e. The fraction of sp³-hybridized carbons (Fsp3) is 1.00. The molecule has 0 atom stereocenters. The average molecular weight is 361 g/mol. The molecule has 0 aromatic heterocycles. The molecule has 0 radical (unpaired) electrons. The Morgan fingerprint density at radius 3 is 0.810 bits per heavy atom. The molecule has 128 valence electrons. The van der Waals surface area contributed by atoms with E-state index < -0.39 is 26.2 Å². The van der Waals surface area contributed by atoms with E-state index in [-0.39, 0.29) is 0 Å². The summed E-state index contributed by atoms with van der Waals surface area (Å²) < 4.78 is 44.3. The van der Waals surface area contributed by atoms with Crippen LogP contribution < -0.4 is 0 Å². The van der Waals surface area contributed by atoms with E-state index in [0.717, 1.165) is 0 Å². The number of rotatable bonds is 12. The Morgan fingerprint density at radius 1 is 0.429 bits per heavy atom. The fourth-order valence-corrected chi connectivity index (χ4v) is 15.9. The molecule has 0 aromatic carbocycles. The van der Waals surface area contributed by atoms with Gasteiger partial charge in [0.25, 0.3) is 0 Å². The fourth-order valence-electron chi connectivity index (χ4n) is 2.03. The van der Waals surface area contributed by atoms with Gasteiger partial charge in [0.15, 0.2) is 0 Å². The van der Waals surface area contributed by atoms with Crippen LogP contribution in [0.1, 0.15) is 0 Å². The van der Waals surface area contributed by atoms with Crippen molar-refractivity contribution < 1.29 is 35.4 Å². The van der Waals surface area contributed by atoms with Crippen molar-refractivity contribution in [3.8, 4) is 0 Å². The van der Waals surface area contributed by atoms with Crippen LogP contribution in [-0.2, 0) is 35.4 Å². The molecule has 0 aliphatic carbocycles. The average Bonchev–Trinajstić information content (AvgIpc) is 2.57. The number of hydrogen-bond donors (Lipinski definition) is 0. The summed E-state index contributed by atoms with van der Waals surface area (Å²) in [5, 5.41) is 0. The van der Waals surface area contributed by atoms with Crippen LogP contribution in [0.2, 0.25) is 11.3 Å². The van der Waals surface area contributed by atoms with Crippen LogP contribution in [0.3, 0.4) is 0 Å². The van der Waals surface area contributed by atoms with Crippen LogP contribution in [0, 0.1) is 0 Å². The van der Waals surface area contributed by atoms with Gasteiger partial charge in [-0.1, -0.05) is 0 Å². The Hall–Kier alpha value is 0.331. The second kappa shape index (κ2) is 9.47. The van der Waals surface area contributed by atoms with E-state index in [9.17, 15) is 0 Å². The lowest BCUT2D eigenvalue weighted by molar-refractivity contribution is 0.115. The smallest absolute Gasteiger partial charge is 0.398 e. The first-order valence-electron chi connectivity index (χ1n) is 6.31. The maximum absolute atomic E-state index is 5.72. The van der Waals surface area contributed by atoms with Gasteiger partial charge in [-0.25, -0.2) is 0 Å². The zero-order valence-corrected chi connectivity index (χ0v) is 17.2. The zero-order chi connectivity index (χ0) is 16.6. The third kappa shape index (κ3) is 5.18. The van der Waals surface area contributed by atoms with Crippen LogP contribution >= 0.6 is 0 Å². The molecule has 8 nitrogen and oxygen atoms in total. The Balaban J connectivity index is 5.42. The molecule has 0 spiro atoms. The predicted molar refractivity (Wildman–Crippen MR) is 82.9 cm³/mol. The van der Waals surface area contributed by atoms with Crippen LogP contribution in [0.15, 0.2) is 0 Å². The van der Waals surface area contributed by atoms with Crippen molar-refractivity contribution in [2.24, 2.45) is 0 Å². The minimum atomic E-state index is -2.87. The molecule has 0 aromatic rings. The monoisotopic (exact) mass is 360 g/mol. The summed E-state index contributed by atoms with van der Waals surface area (Å²) in [6.07, 6.45) is 0. The zero-order valence-electron chi connectivity index (χ0n) is 14.2. The summed E-state index contributed by atoms with van der Waals surface area (Å²) in [4.78, 5) is 0. The molecule has 0 heterocycles. The first-order valence-corrected chi connectivity index (χ1v) is 12.4. The van der Waals surface area contributed by atoms with Gasteiger partial charge in [0.1, 0.15) is 0 Å². The highest BCUT2D eigenvalue weighted by Gasteiger charge is 2.58. The molecular weight excluding hydrogens is 332 g/mol. The third-order valence-electron chi connectivity index (χ3n) is 3.58. The van der Waals surface area contributed by atoms with E-state index in [1.165, 1.54) is 0 Å². The van der Waals surface area contributed by atoms with E-state index in [0.29, 0.717) is 11.3 Å². The third-order valence-corrected chi connectivity index (χ3v) is 16.6. The number of hydrogen-bond acceptors (Lipinski definition) is 8. The normalized spacial score (nSPS) is 13.7. The molecule has 0 aliphatic heterocycles. The highest BCUT2D eigenvalue weighted by molar-refractivity contribution is 6.90. The van der Waals surface area contributed by atoms with Crippen molar-refractivity contribution in [3.05, 3.63) is 0 Å². The van der Waals surface area contributed by atoms with Crippen LogP contribution in [0.5, 0.6) is 0 Å². The van der Waals surface area contributed by atoms with E-state index in [1.54, 1.807) is 56.9 Å². The van der Waals surface area contributed by atoms with Gasteiger partial charge < -0.3 is 35.4 Å². The topological polar surface area (TPSA) is 73.8 Å². The molecular formula is C10H28O8Si3. The van der Waals surface area contributed by atoms with Crippen LogP contribution in [-0.4, -0.2) is 83.0 Å². The van der Waals surface area contributed by atoms with Gasteiger partial charge in [0.2, 0.25) is 0 Å². The molecule has 0 bridgehead atoms. The maximum atomic E-state index is 5.72. The molecule has 0 rings (SSSR count). The quantitative estimate of drug-likeness (QED) is 0.467. The van der Waals surface area contributed by atoms with Crippen LogP contribution in [0.25, 0.3) is 0 Å². The van der Waals surface area contributed by atoms with Gasteiger partial charge in [0, 0.05) is 56.9 Å². The first-order chi connectivity index (χ1) is 9.90. The van der Waals surface area contributed by atoms with Crippen molar-refractivity contribution >= 4 is 26.2 Å². The minimum Gasteiger partial charge on any atom is -0.398 e. The highest BCUT2D eigenvalue weighted by Crippen LogP contribution is 2.31. The summed E-state index contributed by atoms with van der Waals surface area (Å²) in [7, 11) is 4.01. The predicted octanol–water partition coefficient (Wildman–Crippen LogP) is 0.556. The van der Waals surface area contributed by atoms with Gasteiger partial charge in [0.05, 0.1) is 11.3 Å². The largest absolute Gasteiger partial charge is 0.502 e. The summed E-state index contributed by atoms with van der Waals surface area (Å²) in [5.74, 6) is 0. The Labute approximate surface area is 130 Å². The summed E-state index contributed by atoms with van der Waals surface area (Å²) in [6.45, 7) is 0. The standard InChI is InChI=1S/C10H28O8Si3/c1-11-19(12-2,9-20(13-3,14-4)15-5)10-21(16-6,17-7)18-8/h9-10H2,1-8H3. The lowest BCUT2D eigenvalue weighted by Crippen LogP contribution is -2.60. The molecule has 0 aliphatic rings. The molecule has 0 saturated carbocycles. The van der Waals surface area contributed by atoms with Gasteiger partial charge in [-0.2, -0.15) is 0 Å². The van der Waals surface area contributed by atoms with Crippen molar-refractivity contribution in [2.75, 3.05) is 56.9 Å². The molecule has 0 amide bonds. The first kappa shape index (κ1) is 21.3. The Morgan fingerprint density at radius 2 is 0.667 bits per heavy atom. The molecule has 0 saturated heterocycles. The van der Waals surface area contributed by atoms with Crippen molar-refractivity contribution in [1.29, 1.82) is 0 Å². The van der Waals surface area contributed by atoms with Crippen molar-refractivity contribution in [3.63, 3.8) is 0 Å². The van der Waals surface area contributed by atoms with Gasteiger partial charge in [-0.3, -0.25) is 0 Å². The molecule has 0 unspecified atom stereocenters. The van der Waals surface area contributed by atoms with Crippen LogP contribution in [0.4, 0.5) is 0 Å². The molecule has 0 fully saturated rings. The SMILES string of the molecule is CO[Si](C[Si](OC)(OC)OC)(C[Si](OC)(OC)OC)OC. The van der Waals surface area contributed by atoms with E-state index >= 15 is 0 Å². The molecule has 21 heavy (non-hydrogen) atoms. The lowest BCUT2D eigenvalue weighted by Gasteiger charge is -2.37. The van der Waals surface area contributed by atoms with Gasteiger partial charge >= 0.3 is 26.2 Å². The Bertz CT molecular complexity index is 241. The molecule has 11 heteroatoms. The summed E-state index contributed by atoms with van der Waals surface area (Å²) in [5.41, 5.74) is 0.808. The van der Waals surface area contributed by atoms with Gasteiger partial charge in [-0.05, 0) is 0 Å². The van der Waals surface area contributed by atoms with E-state index in [4.69, 9.17) is 35.4 Å². The Kier molecular flexibility index (Phi) is 9.61. The summed E-state index contributed by atoms with van der Waals surface area (Å²) in [6, 6.07) is 0. The van der Waals surface area contributed by atoms with E-state index in [2.05, 4.69) is 0 Å². The minimum absolute atomic E-state index is 0.404. The van der Waals surface area contributed by atoms with Crippen molar-refractivity contribution in [1.82, 2.24) is 0 Å². The van der Waals surface area contributed by atoms with Gasteiger partial charge in [-0.15, -0.1) is 0 Å². The second-order valence-electron chi connectivity index (χ2n) is 4.26. The molecule has 0 N–H and O–H groups in total. The second-order valence-corrected chi connectivity index (χ2v) is 14.9. The van der Waals surface area contributed by atoms with E-state index in [1.807, 2.05) is 0 Å². The highest BCUT2D eigenvalue weighted by atomic mass is 28.5. The summed E-state index contributed by atoms with van der Waals surface area (Å²) >= 11 is 0.